The lowest BCUT2D eigenvalue weighted by atomic mass is 9.91. The van der Waals surface area contributed by atoms with Crippen molar-refractivity contribution in [2.24, 2.45) is 0 Å². The van der Waals surface area contributed by atoms with Crippen LogP contribution in [-0.2, 0) is 6.42 Å². The van der Waals surface area contributed by atoms with Gasteiger partial charge in [-0.05, 0) is 30.2 Å². The second-order valence-electron chi connectivity index (χ2n) is 4.76. The summed E-state index contributed by atoms with van der Waals surface area (Å²) in [7, 11) is 3.39. The normalized spacial score (nSPS) is 17.4. The number of nitrogens with one attached hydrogen (secondary N) is 1. The highest BCUT2D eigenvalue weighted by Gasteiger charge is 2.26. The van der Waals surface area contributed by atoms with Crippen molar-refractivity contribution in [1.82, 2.24) is 10.3 Å². The molecule has 0 bridgehead atoms. The molecular formula is C16H18N2O2. The van der Waals surface area contributed by atoms with Crippen molar-refractivity contribution in [1.29, 1.82) is 0 Å². The summed E-state index contributed by atoms with van der Waals surface area (Å²) in [6.07, 6.45) is 2.76. The molecule has 1 N–H and O–H groups in total. The number of nitrogens with zero attached hydrogens (tertiary/aromatic N) is 1. The van der Waals surface area contributed by atoms with Gasteiger partial charge in [0.15, 0.2) is 0 Å². The van der Waals surface area contributed by atoms with Gasteiger partial charge < -0.3 is 14.8 Å². The molecule has 0 spiro atoms. The quantitative estimate of drug-likeness (QED) is 0.929. The summed E-state index contributed by atoms with van der Waals surface area (Å²) in [6, 6.07) is 10.0. The molecule has 4 heteroatoms. The Morgan fingerprint density at radius 2 is 1.90 bits per heavy atom. The predicted molar refractivity (Wildman–Crippen MR) is 77.3 cm³/mol. The van der Waals surface area contributed by atoms with Crippen LogP contribution in [0.1, 0.15) is 22.9 Å². The second-order valence-corrected chi connectivity index (χ2v) is 4.76. The number of ether oxygens (including phenoxy) is 2. The van der Waals surface area contributed by atoms with E-state index >= 15 is 0 Å². The molecule has 1 atom stereocenters. The molecule has 1 aliphatic heterocycles. The van der Waals surface area contributed by atoms with E-state index in [0.29, 0.717) is 0 Å². The highest BCUT2D eigenvalue weighted by Crippen LogP contribution is 2.35. The van der Waals surface area contributed by atoms with Gasteiger partial charge in [-0.2, -0.15) is 0 Å². The Morgan fingerprint density at radius 3 is 2.70 bits per heavy atom. The van der Waals surface area contributed by atoms with Gasteiger partial charge in [0.05, 0.1) is 20.3 Å². The zero-order valence-corrected chi connectivity index (χ0v) is 11.7. The molecule has 1 aliphatic rings. The molecule has 0 fully saturated rings. The van der Waals surface area contributed by atoms with Gasteiger partial charge in [0, 0.05) is 18.3 Å². The number of aromatic nitrogens is 1. The van der Waals surface area contributed by atoms with Crippen LogP contribution < -0.4 is 14.8 Å². The van der Waals surface area contributed by atoms with Gasteiger partial charge in [0.2, 0.25) is 0 Å². The maximum absolute atomic E-state index is 5.47. The van der Waals surface area contributed by atoms with E-state index in [1.54, 1.807) is 20.4 Å². The average Bonchev–Trinajstić information content (AvgIpc) is 2.53. The SMILES string of the molecule is COc1cccnc1C1NCCc2c(OC)cccc21. The van der Waals surface area contributed by atoms with Gasteiger partial charge in [-0.1, -0.05) is 12.1 Å². The lowest BCUT2D eigenvalue weighted by Crippen LogP contribution is -2.31. The van der Waals surface area contributed by atoms with Crippen LogP contribution in [0, 0.1) is 0 Å². The zero-order valence-electron chi connectivity index (χ0n) is 11.7. The topological polar surface area (TPSA) is 43.4 Å². The van der Waals surface area contributed by atoms with Crippen molar-refractivity contribution in [3.63, 3.8) is 0 Å². The third kappa shape index (κ3) is 2.12. The summed E-state index contributed by atoms with van der Waals surface area (Å²) in [4.78, 5) is 4.50. The molecule has 0 saturated heterocycles. The molecule has 20 heavy (non-hydrogen) atoms. The third-order valence-corrected chi connectivity index (χ3v) is 3.72. The first-order chi connectivity index (χ1) is 9.85. The summed E-state index contributed by atoms with van der Waals surface area (Å²) in [6.45, 7) is 0.901. The summed E-state index contributed by atoms with van der Waals surface area (Å²) in [5.74, 6) is 1.75. The number of hydrogen-bond donors (Lipinski definition) is 1. The van der Waals surface area contributed by atoms with Crippen molar-refractivity contribution in [2.75, 3.05) is 20.8 Å². The molecule has 0 radical (unpaired) electrons. The molecule has 104 valence electrons. The molecule has 2 aromatic rings. The molecule has 1 aromatic carbocycles. The van der Waals surface area contributed by atoms with Crippen molar-refractivity contribution in [3.05, 3.63) is 53.3 Å². The number of pyridine rings is 1. The minimum atomic E-state index is 0.0463. The molecule has 1 unspecified atom stereocenters. The van der Waals surface area contributed by atoms with Crippen molar-refractivity contribution in [3.8, 4) is 11.5 Å². The maximum atomic E-state index is 5.47. The van der Waals surface area contributed by atoms with Crippen LogP contribution in [0.3, 0.4) is 0 Å². The van der Waals surface area contributed by atoms with E-state index in [1.165, 1.54) is 11.1 Å². The fraction of sp³-hybridized carbons (Fsp3) is 0.312. The van der Waals surface area contributed by atoms with Crippen LogP contribution in [0.5, 0.6) is 11.5 Å². The lowest BCUT2D eigenvalue weighted by molar-refractivity contribution is 0.391. The molecule has 0 saturated carbocycles. The van der Waals surface area contributed by atoms with Gasteiger partial charge in [0.25, 0.3) is 0 Å². The van der Waals surface area contributed by atoms with E-state index in [9.17, 15) is 0 Å². The number of benzene rings is 1. The number of rotatable bonds is 3. The van der Waals surface area contributed by atoms with Gasteiger partial charge in [-0.3, -0.25) is 4.98 Å². The summed E-state index contributed by atoms with van der Waals surface area (Å²) in [5.41, 5.74) is 3.39. The molecular weight excluding hydrogens is 252 g/mol. The van der Waals surface area contributed by atoms with Crippen molar-refractivity contribution in [2.45, 2.75) is 12.5 Å². The highest BCUT2D eigenvalue weighted by molar-refractivity contribution is 5.48. The van der Waals surface area contributed by atoms with Crippen molar-refractivity contribution >= 4 is 0 Å². The Bertz CT molecular complexity index is 613. The standard InChI is InChI=1S/C16H18N2O2/c1-19-13-6-3-5-12-11(13)8-10-18-15(12)16-14(20-2)7-4-9-17-16/h3-7,9,15,18H,8,10H2,1-2H3. The van der Waals surface area contributed by atoms with Gasteiger partial charge in [0.1, 0.15) is 17.2 Å². The molecule has 2 heterocycles. The Balaban J connectivity index is 2.10. The van der Waals surface area contributed by atoms with E-state index in [-0.39, 0.29) is 6.04 Å². The molecule has 4 nitrogen and oxygen atoms in total. The minimum absolute atomic E-state index is 0.0463. The van der Waals surface area contributed by atoms with E-state index in [2.05, 4.69) is 16.4 Å². The van der Waals surface area contributed by atoms with Gasteiger partial charge >= 0.3 is 0 Å². The van der Waals surface area contributed by atoms with Crippen LogP contribution in [0.4, 0.5) is 0 Å². The van der Waals surface area contributed by atoms with Gasteiger partial charge in [-0.15, -0.1) is 0 Å². The van der Waals surface area contributed by atoms with Crippen LogP contribution in [0.15, 0.2) is 36.5 Å². The minimum Gasteiger partial charge on any atom is -0.496 e. The Hall–Kier alpha value is -2.07. The molecule has 0 aliphatic carbocycles. The fourth-order valence-corrected chi connectivity index (χ4v) is 2.80. The lowest BCUT2D eigenvalue weighted by Gasteiger charge is -2.28. The van der Waals surface area contributed by atoms with E-state index in [4.69, 9.17) is 9.47 Å². The largest absolute Gasteiger partial charge is 0.496 e. The third-order valence-electron chi connectivity index (χ3n) is 3.72. The first kappa shape index (κ1) is 12.9. The van der Waals surface area contributed by atoms with Crippen molar-refractivity contribution < 1.29 is 9.47 Å². The zero-order chi connectivity index (χ0) is 13.9. The summed E-state index contributed by atoms with van der Waals surface area (Å²) < 4.78 is 10.9. The van der Waals surface area contributed by atoms with E-state index < -0.39 is 0 Å². The smallest absolute Gasteiger partial charge is 0.142 e. The predicted octanol–water partition coefficient (Wildman–Crippen LogP) is 2.33. The van der Waals surface area contributed by atoms with E-state index in [0.717, 1.165) is 30.2 Å². The van der Waals surface area contributed by atoms with Crippen LogP contribution in [0.2, 0.25) is 0 Å². The average molecular weight is 270 g/mol. The van der Waals surface area contributed by atoms with Crippen LogP contribution in [-0.4, -0.2) is 25.7 Å². The maximum Gasteiger partial charge on any atom is 0.142 e. The van der Waals surface area contributed by atoms with Gasteiger partial charge in [-0.25, -0.2) is 0 Å². The second kappa shape index (κ2) is 5.51. The number of fused-ring (bicyclic) bond motifs is 1. The fourth-order valence-electron chi connectivity index (χ4n) is 2.80. The number of hydrogen-bond acceptors (Lipinski definition) is 4. The molecule has 1 aromatic heterocycles. The molecule has 0 amide bonds. The monoisotopic (exact) mass is 270 g/mol. The Kier molecular flexibility index (Phi) is 3.56. The first-order valence-corrected chi connectivity index (χ1v) is 6.73. The van der Waals surface area contributed by atoms with Crippen LogP contribution in [0.25, 0.3) is 0 Å². The number of methoxy groups -OCH3 is 2. The van der Waals surface area contributed by atoms with Crippen LogP contribution >= 0.6 is 0 Å². The molecule has 3 rings (SSSR count). The summed E-state index contributed by atoms with van der Waals surface area (Å²) in [5, 5.41) is 3.52. The van der Waals surface area contributed by atoms with E-state index in [1.807, 2.05) is 24.3 Å². The first-order valence-electron chi connectivity index (χ1n) is 6.73. The Morgan fingerprint density at radius 1 is 1.10 bits per heavy atom. The summed E-state index contributed by atoms with van der Waals surface area (Å²) >= 11 is 0. The Labute approximate surface area is 118 Å². The highest BCUT2D eigenvalue weighted by atomic mass is 16.5.